The Morgan fingerprint density at radius 3 is 2.90 bits per heavy atom. The zero-order chi connectivity index (χ0) is 13.6. The molecule has 3 heterocycles. The third-order valence-corrected chi connectivity index (χ3v) is 5.01. The van der Waals surface area contributed by atoms with Crippen molar-refractivity contribution in [2.24, 2.45) is 5.41 Å². The Morgan fingerprint density at radius 1 is 1.25 bits per heavy atom. The number of para-hydroxylation sites is 1. The number of ether oxygens (including phenoxy) is 1. The van der Waals surface area contributed by atoms with E-state index in [1.165, 1.54) is 0 Å². The Labute approximate surface area is 119 Å². The minimum Gasteiger partial charge on any atom is -0.371 e. The molecule has 4 nitrogen and oxygen atoms in total. The van der Waals surface area contributed by atoms with Crippen LogP contribution in [0.15, 0.2) is 30.3 Å². The van der Waals surface area contributed by atoms with E-state index in [2.05, 4.69) is 5.32 Å². The van der Waals surface area contributed by atoms with Crippen LogP contribution in [-0.2, 0) is 9.53 Å². The smallest absolute Gasteiger partial charge is 0.235 e. The Hall–Kier alpha value is -1.39. The van der Waals surface area contributed by atoms with Crippen molar-refractivity contribution in [3.63, 3.8) is 0 Å². The molecule has 4 rings (SSSR count). The molecule has 1 N–H and O–H groups in total. The molecule has 0 radical (unpaired) electrons. The van der Waals surface area contributed by atoms with E-state index < -0.39 is 0 Å². The summed E-state index contributed by atoms with van der Waals surface area (Å²) in [4.78, 5) is 15.1. The lowest BCUT2D eigenvalue weighted by Crippen LogP contribution is -2.54. The third-order valence-electron chi connectivity index (χ3n) is 5.01. The highest BCUT2D eigenvalue weighted by Crippen LogP contribution is 2.47. The van der Waals surface area contributed by atoms with E-state index in [1.54, 1.807) is 0 Å². The molecule has 3 saturated heterocycles. The lowest BCUT2D eigenvalue weighted by atomic mass is 9.73. The fourth-order valence-electron chi connectivity index (χ4n) is 4.06. The van der Waals surface area contributed by atoms with Crippen LogP contribution in [0.5, 0.6) is 0 Å². The lowest BCUT2D eigenvalue weighted by Gasteiger charge is -2.41. The Morgan fingerprint density at radius 2 is 2.10 bits per heavy atom. The number of hydrogen-bond acceptors (Lipinski definition) is 3. The molecule has 3 aliphatic heterocycles. The van der Waals surface area contributed by atoms with Crippen molar-refractivity contribution < 1.29 is 9.53 Å². The van der Waals surface area contributed by atoms with Crippen molar-refractivity contribution in [2.45, 2.75) is 31.5 Å². The average Bonchev–Trinajstić information content (AvgIpc) is 2.74. The number of piperidine rings is 1. The summed E-state index contributed by atoms with van der Waals surface area (Å²) in [5.74, 6) is 0.270. The highest BCUT2D eigenvalue weighted by atomic mass is 16.5. The maximum Gasteiger partial charge on any atom is 0.235 e. The van der Waals surface area contributed by atoms with Gasteiger partial charge in [-0.05, 0) is 31.4 Å². The van der Waals surface area contributed by atoms with Crippen LogP contribution < -0.4 is 10.2 Å². The molecule has 0 aliphatic carbocycles. The summed E-state index contributed by atoms with van der Waals surface area (Å²) in [5.41, 5.74) is 0.730. The van der Waals surface area contributed by atoms with Gasteiger partial charge in [0.15, 0.2) is 0 Å². The van der Waals surface area contributed by atoms with E-state index in [0.717, 1.165) is 44.6 Å². The molecular formula is C16H20N2O2. The maximum absolute atomic E-state index is 13.1. The number of amides is 1. The first kappa shape index (κ1) is 12.4. The van der Waals surface area contributed by atoms with Gasteiger partial charge in [0.2, 0.25) is 5.91 Å². The van der Waals surface area contributed by atoms with Gasteiger partial charge in [0, 0.05) is 25.3 Å². The van der Waals surface area contributed by atoms with Gasteiger partial charge in [0.05, 0.1) is 17.6 Å². The van der Waals surface area contributed by atoms with Crippen LogP contribution in [0, 0.1) is 5.41 Å². The summed E-state index contributed by atoms with van der Waals surface area (Å²) in [5, 5.41) is 3.40. The molecule has 20 heavy (non-hydrogen) atoms. The van der Waals surface area contributed by atoms with Gasteiger partial charge in [0.1, 0.15) is 0 Å². The number of carbonyl (C=O) groups excluding carboxylic acids is 1. The number of fused-ring (bicyclic) bond motifs is 3. The summed E-state index contributed by atoms with van der Waals surface area (Å²) in [7, 11) is 0. The molecule has 2 bridgehead atoms. The highest BCUT2D eigenvalue weighted by molar-refractivity contribution is 5.99. The van der Waals surface area contributed by atoms with E-state index in [1.807, 2.05) is 35.2 Å². The molecule has 1 amide bonds. The monoisotopic (exact) mass is 272 g/mol. The van der Waals surface area contributed by atoms with Gasteiger partial charge in [-0.25, -0.2) is 0 Å². The summed E-state index contributed by atoms with van der Waals surface area (Å²) < 4.78 is 6.04. The van der Waals surface area contributed by atoms with Crippen LogP contribution in [-0.4, -0.2) is 37.7 Å². The molecule has 3 unspecified atom stereocenters. The minimum atomic E-state index is -0.289. The fraction of sp³-hybridized carbons (Fsp3) is 0.562. The number of carbonyl (C=O) groups is 1. The molecule has 4 heteroatoms. The van der Waals surface area contributed by atoms with Gasteiger partial charge in [-0.1, -0.05) is 18.2 Å². The summed E-state index contributed by atoms with van der Waals surface area (Å²) in [6, 6.07) is 10.0. The number of morpholine rings is 1. The van der Waals surface area contributed by atoms with Crippen LogP contribution in [0.2, 0.25) is 0 Å². The van der Waals surface area contributed by atoms with Gasteiger partial charge in [-0.3, -0.25) is 4.79 Å². The number of anilines is 1. The van der Waals surface area contributed by atoms with E-state index in [4.69, 9.17) is 4.74 Å². The second-order valence-corrected chi connectivity index (χ2v) is 6.16. The zero-order valence-electron chi connectivity index (χ0n) is 11.5. The number of nitrogens with zero attached hydrogens (tertiary/aromatic N) is 1. The van der Waals surface area contributed by atoms with Crippen molar-refractivity contribution >= 4 is 11.6 Å². The quantitative estimate of drug-likeness (QED) is 0.843. The summed E-state index contributed by atoms with van der Waals surface area (Å²) >= 11 is 0. The van der Waals surface area contributed by atoms with E-state index in [9.17, 15) is 4.79 Å². The van der Waals surface area contributed by atoms with Crippen molar-refractivity contribution in [1.82, 2.24) is 5.32 Å². The van der Waals surface area contributed by atoms with Gasteiger partial charge in [0.25, 0.3) is 0 Å². The van der Waals surface area contributed by atoms with E-state index in [-0.39, 0.29) is 23.5 Å². The molecule has 1 aromatic rings. The fourth-order valence-corrected chi connectivity index (χ4v) is 4.06. The third kappa shape index (κ3) is 1.71. The standard InChI is InChI=1S/C16H20N2O2/c19-15-16(9-13-10-17-11-14(16)20-13)7-4-8-18(15)12-5-2-1-3-6-12/h1-3,5-6,13-14,17H,4,7-11H2. The van der Waals surface area contributed by atoms with Crippen LogP contribution >= 0.6 is 0 Å². The van der Waals surface area contributed by atoms with Crippen LogP contribution in [0.4, 0.5) is 5.69 Å². The Balaban J connectivity index is 1.67. The summed E-state index contributed by atoms with van der Waals surface area (Å²) in [6.07, 6.45) is 3.19. The van der Waals surface area contributed by atoms with E-state index in [0.29, 0.717) is 0 Å². The molecule has 1 spiro atoms. The van der Waals surface area contributed by atoms with Crippen molar-refractivity contribution in [3.05, 3.63) is 30.3 Å². The number of hydrogen-bond donors (Lipinski definition) is 1. The second-order valence-electron chi connectivity index (χ2n) is 6.16. The second kappa shape index (κ2) is 4.57. The largest absolute Gasteiger partial charge is 0.371 e. The van der Waals surface area contributed by atoms with Crippen molar-refractivity contribution in [1.29, 1.82) is 0 Å². The topological polar surface area (TPSA) is 41.6 Å². The average molecular weight is 272 g/mol. The highest BCUT2D eigenvalue weighted by Gasteiger charge is 2.57. The maximum atomic E-state index is 13.1. The molecule has 1 aromatic carbocycles. The van der Waals surface area contributed by atoms with Gasteiger partial charge in [-0.15, -0.1) is 0 Å². The minimum absolute atomic E-state index is 0.0558. The number of benzene rings is 1. The Bertz CT molecular complexity index is 518. The number of rotatable bonds is 1. The zero-order valence-corrected chi connectivity index (χ0v) is 11.5. The molecular weight excluding hydrogens is 252 g/mol. The first-order chi connectivity index (χ1) is 9.79. The molecule has 0 saturated carbocycles. The predicted octanol–water partition coefficient (Wildman–Crippen LogP) is 1.56. The first-order valence-electron chi connectivity index (χ1n) is 7.53. The van der Waals surface area contributed by atoms with Gasteiger partial charge >= 0.3 is 0 Å². The van der Waals surface area contributed by atoms with Crippen LogP contribution in [0.1, 0.15) is 19.3 Å². The first-order valence-corrected chi connectivity index (χ1v) is 7.53. The van der Waals surface area contributed by atoms with E-state index >= 15 is 0 Å². The molecule has 3 atom stereocenters. The number of nitrogens with one attached hydrogen (secondary N) is 1. The predicted molar refractivity (Wildman–Crippen MR) is 76.6 cm³/mol. The molecule has 3 aliphatic rings. The SMILES string of the molecule is O=C1N(c2ccccc2)CCCC12CC1CNCC2O1. The van der Waals surface area contributed by atoms with Crippen molar-refractivity contribution in [2.75, 3.05) is 24.5 Å². The normalized spacial score (nSPS) is 36.6. The Kier molecular flexibility index (Phi) is 2.82. The lowest BCUT2D eigenvalue weighted by molar-refractivity contribution is -0.134. The van der Waals surface area contributed by atoms with Gasteiger partial charge < -0.3 is 15.0 Å². The van der Waals surface area contributed by atoms with Crippen LogP contribution in [0.25, 0.3) is 0 Å². The molecule has 106 valence electrons. The molecule has 0 aromatic heterocycles. The molecule has 3 fully saturated rings. The summed E-state index contributed by atoms with van der Waals surface area (Å²) in [6.45, 7) is 2.52. The van der Waals surface area contributed by atoms with Crippen molar-refractivity contribution in [3.8, 4) is 0 Å². The van der Waals surface area contributed by atoms with Crippen LogP contribution in [0.3, 0.4) is 0 Å². The van der Waals surface area contributed by atoms with Gasteiger partial charge in [-0.2, -0.15) is 0 Å².